The van der Waals surface area contributed by atoms with E-state index < -0.39 is 0 Å². The van der Waals surface area contributed by atoms with Crippen molar-refractivity contribution in [1.82, 2.24) is 10.3 Å². The topological polar surface area (TPSA) is 27.6 Å². The molecule has 0 heterocycles. The fourth-order valence-electron chi connectivity index (χ4n) is 1.36. The molecule has 0 aromatic heterocycles. The van der Waals surface area contributed by atoms with Gasteiger partial charge in [-0.25, -0.2) is 0 Å². The van der Waals surface area contributed by atoms with Crippen molar-refractivity contribution in [3.05, 3.63) is 0 Å². The molecule has 0 bridgehead atoms. The van der Waals surface area contributed by atoms with Gasteiger partial charge in [0.2, 0.25) is 0 Å². The zero-order valence-corrected chi connectivity index (χ0v) is 9.53. The normalized spacial score (nSPS) is 18.9. The second-order valence-corrected chi connectivity index (χ2v) is 4.89. The molecule has 0 unspecified atom stereocenters. The van der Waals surface area contributed by atoms with Crippen LogP contribution in [0, 0.1) is 5.41 Å². The molecule has 0 saturated heterocycles. The summed E-state index contributed by atoms with van der Waals surface area (Å²) in [6, 6.07) is 0. The molecule has 13 heavy (non-hydrogen) atoms. The highest BCUT2D eigenvalue weighted by Gasteiger charge is 2.32. The highest BCUT2D eigenvalue weighted by Crippen LogP contribution is 2.37. The number of thiocarbonyl (C=S) groups is 1. The molecule has 0 aromatic carbocycles. The molecular formula is C9H17N3S. The fraction of sp³-hybridized carbons (Fsp3) is 0.778. The van der Waals surface area contributed by atoms with Gasteiger partial charge in [0, 0.05) is 19.8 Å². The molecule has 1 aliphatic rings. The largest absolute Gasteiger partial charge is 0.354 e. The zero-order valence-electron chi connectivity index (χ0n) is 8.72. The number of rotatable bonds is 1. The van der Waals surface area contributed by atoms with E-state index in [0.717, 1.165) is 12.8 Å². The number of hydrogen-bond acceptors (Lipinski definition) is 2. The first kappa shape index (κ1) is 10.4. The van der Waals surface area contributed by atoms with Gasteiger partial charge >= 0.3 is 0 Å². The minimum absolute atomic E-state index is 0.445. The lowest BCUT2D eigenvalue weighted by molar-refractivity contribution is 0.338. The molecule has 1 aliphatic carbocycles. The van der Waals surface area contributed by atoms with Crippen LogP contribution in [-0.4, -0.2) is 29.8 Å². The molecule has 1 N–H and O–H groups in total. The summed E-state index contributed by atoms with van der Waals surface area (Å²) in [5, 5.41) is 4.89. The molecule has 0 spiro atoms. The minimum atomic E-state index is 0.445. The van der Waals surface area contributed by atoms with Gasteiger partial charge in [-0.3, -0.25) is 5.43 Å². The first-order valence-electron chi connectivity index (χ1n) is 4.43. The summed E-state index contributed by atoms with van der Waals surface area (Å²) in [4.78, 5) is 1.84. The maximum Gasteiger partial charge on any atom is 0.189 e. The third-order valence-corrected chi connectivity index (χ3v) is 2.54. The van der Waals surface area contributed by atoms with E-state index in [9.17, 15) is 0 Å². The standard InChI is InChI=1S/C9H17N3S/c1-9(2)5-7(6-9)10-11-8(13)12(3)4/h5-6H2,1-4H3,(H,11,13). The van der Waals surface area contributed by atoms with Crippen LogP contribution < -0.4 is 5.43 Å². The predicted molar refractivity (Wildman–Crippen MR) is 59.9 cm³/mol. The third-order valence-electron chi connectivity index (χ3n) is 2.08. The molecular weight excluding hydrogens is 182 g/mol. The maximum atomic E-state index is 5.03. The van der Waals surface area contributed by atoms with E-state index in [1.165, 1.54) is 5.71 Å². The van der Waals surface area contributed by atoms with Gasteiger partial charge in [0.05, 0.1) is 0 Å². The summed E-state index contributed by atoms with van der Waals surface area (Å²) in [5.74, 6) is 0. The van der Waals surface area contributed by atoms with E-state index in [4.69, 9.17) is 12.2 Å². The summed E-state index contributed by atoms with van der Waals surface area (Å²) < 4.78 is 0. The van der Waals surface area contributed by atoms with Crippen LogP contribution >= 0.6 is 12.2 Å². The lowest BCUT2D eigenvalue weighted by Gasteiger charge is -2.35. The van der Waals surface area contributed by atoms with E-state index in [-0.39, 0.29) is 0 Å². The van der Waals surface area contributed by atoms with Gasteiger partial charge in [0.25, 0.3) is 0 Å². The summed E-state index contributed by atoms with van der Waals surface area (Å²) in [6.45, 7) is 4.49. The molecule has 1 saturated carbocycles. The second kappa shape index (κ2) is 3.62. The van der Waals surface area contributed by atoms with E-state index >= 15 is 0 Å². The Bertz CT molecular complexity index is 233. The SMILES string of the molecule is CN(C)C(=S)NN=C1CC(C)(C)C1. The Labute approximate surface area is 85.2 Å². The summed E-state index contributed by atoms with van der Waals surface area (Å²) >= 11 is 5.03. The Morgan fingerprint density at radius 2 is 2.00 bits per heavy atom. The molecule has 0 radical (unpaired) electrons. The van der Waals surface area contributed by atoms with Gasteiger partial charge in [-0.2, -0.15) is 5.10 Å². The number of nitrogens with one attached hydrogen (secondary N) is 1. The van der Waals surface area contributed by atoms with Crippen LogP contribution in [0.1, 0.15) is 26.7 Å². The van der Waals surface area contributed by atoms with Crippen molar-refractivity contribution in [2.45, 2.75) is 26.7 Å². The Morgan fingerprint density at radius 1 is 1.46 bits per heavy atom. The van der Waals surface area contributed by atoms with Crippen molar-refractivity contribution in [3.63, 3.8) is 0 Å². The number of hydrazone groups is 1. The lowest BCUT2D eigenvalue weighted by atomic mass is 9.71. The average Bonchev–Trinajstić information content (AvgIpc) is 1.95. The van der Waals surface area contributed by atoms with Crippen molar-refractivity contribution in [2.75, 3.05) is 14.1 Å². The monoisotopic (exact) mass is 199 g/mol. The van der Waals surface area contributed by atoms with Gasteiger partial charge < -0.3 is 4.90 Å². The van der Waals surface area contributed by atoms with Crippen molar-refractivity contribution in [2.24, 2.45) is 10.5 Å². The van der Waals surface area contributed by atoms with E-state index in [1.807, 2.05) is 19.0 Å². The molecule has 0 atom stereocenters. The molecule has 0 amide bonds. The van der Waals surface area contributed by atoms with Gasteiger partial charge in [-0.1, -0.05) is 13.8 Å². The maximum absolute atomic E-state index is 5.03. The van der Waals surface area contributed by atoms with Crippen molar-refractivity contribution < 1.29 is 0 Å². The van der Waals surface area contributed by atoms with Crippen molar-refractivity contribution >= 4 is 23.0 Å². The summed E-state index contributed by atoms with van der Waals surface area (Å²) in [5.41, 5.74) is 4.53. The van der Waals surface area contributed by atoms with Crippen LogP contribution in [0.4, 0.5) is 0 Å². The van der Waals surface area contributed by atoms with E-state index in [0.29, 0.717) is 10.5 Å². The first-order chi connectivity index (χ1) is 5.91. The Morgan fingerprint density at radius 3 is 2.38 bits per heavy atom. The van der Waals surface area contributed by atoms with Crippen LogP contribution in [0.2, 0.25) is 0 Å². The Hall–Kier alpha value is -0.640. The molecule has 4 heteroatoms. The summed E-state index contributed by atoms with van der Waals surface area (Å²) in [6.07, 6.45) is 2.16. The lowest BCUT2D eigenvalue weighted by Crippen LogP contribution is -2.36. The zero-order chi connectivity index (χ0) is 10.1. The van der Waals surface area contributed by atoms with Crippen LogP contribution in [0.25, 0.3) is 0 Å². The fourth-order valence-corrected chi connectivity index (χ4v) is 1.40. The first-order valence-corrected chi connectivity index (χ1v) is 4.84. The third kappa shape index (κ3) is 2.95. The molecule has 0 aromatic rings. The second-order valence-electron chi connectivity index (χ2n) is 4.51. The van der Waals surface area contributed by atoms with Gasteiger partial charge in [-0.05, 0) is 30.5 Å². The van der Waals surface area contributed by atoms with Crippen LogP contribution in [0.5, 0.6) is 0 Å². The molecule has 0 aliphatic heterocycles. The Balaban J connectivity index is 2.32. The molecule has 3 nitrogen and oxygen atoms in total. The smallest absolute Gasteiger partial charge is 0.189 e. The molecule has 1 fully saturated rings. The molecule has 74 valence electrons. The summed E-state index contributed by atoms with van der Waals surface area (Å²) in [7, 11) is 3.81. The van der Waals surface area contributed by atoms with Crippen LogP contribution in [0.15, 0.2) is 5.10 Å². The van der Waals surface area contributed by atoms with Crippen molar-refractivity contribution in [1.29, 1.82) is 0 Å². The molecule has 1 rings (SSSR count). The van der Waals surface area contributed by atoms with E-state index in [2.05, 4.69) is 24.4 Å². The van der Waals surface area contributed by atoms with Crippen LogP contribution in [-0.2, 0) is 0 Å². The van der Waals surface area contributed by atoms with Gasteiger partial charge in [0.1, 0.15) is 0 Å². The minimum Gasteiger partial charge on any atom is -0.354 e. The van der Waals surface area contributed by atoms with E-state index in [1.54, 1.807) is 0 Å². The number of nitrogens with zero attached hydrogens (tertiary/aromatic N) is 2. The van der Waals surface area contributed by atoms with Gasteiger partial charge in [0.15, 0.2) is 5.11 Å². The predicted octanol–water partition coefficient (Wildman–Crippen LogP) is 1.60. The van der Waals surface area contributed by atoms with Crippen LogP contribution in [0.3, 0.4) is 0 Å². The van der Waals surface area contributed by atoms with Crippen molar-refractivity contribution in [3.8, 4) is 0 Å². The van der Waals surface area contributed by atoms with Gasteiger partial charge in [-0.15, -0.1) is 0 Å². The Kier molecular flexibility index (Phi) is 2.91. The highest BCUT2D eigenvalue weighted by atomic mass is 32.1. The number of hydrogen-bond donors (Lipinski definition) is 1. The average molecular weight is 199 g/mol. The quantitative estimate of drug-likeness (QED) is 0.513. The highest BCUT2D eigenvalue weighted by molar-refractivity contribution is 7.80.